The van der Waals surface area contributed by atoms with Gasteiger partial charge in [-0.05, 0) is 192 Å². The Morgan fingerprint density at radius 2 is 0.660 bits per heavy atom. The number of hydrogen-bond donors (Lipinski definition) is 6. The lowest BCUT2D eigenvalue weighted by Gasteiger charge is -2.24. The SMILES string of the molecule is CCN(CC)c1nc(Nc2ccc(F)cc2)nc(OCC(F)(F)C(C)F)n1.CCN(CC)c1nc(Nc2ccc([N+](=O)[O-])cc2)nc(OCC(F)(F)C(C)F)n1.CCN(CC)c1nc(Nc2ccc3c(c2)C=CC3)nc(OC(C(F)(F)F)C(F)(F)F)n1.CCN(CC)c1nc(Nc2ccc3cc[nH]c3c2)nc(OC(C(F)(F)F)C(F)(F)F)n1.CCN(CC)c1nc(Nc2ccccc2)nc(OCC(F)(F)C(C)F)n1. The molecule has 1 aliphatic rings. The van der Waals surface area contributed by atoms with Crippen molar-refractivity contribution < 1.29 is 125 Å². The molecule has 0 saturated carbocycles. The van der Waals surface area contributed by atoms with E-state index in [0.29, 0.717) is 88.2 Å². The molecule has 34 nitrogen and oxygen atoms in total. The molecule has 0 bridgehead atoms. The molecule has 6 heterocycles. The Morgan fingerprint density at radius 3 is 0.979 bits per heavy atom. The lowest BCUT2D eigenvalue weighted by Crippen LogP contribution is -2.47. The molecule has 6 aromatic heterocycles. The van der Waals surface area contributed by atoms with Crippen molar-refractivity contribution in [2.45, 2.75) is 170 Å². The van der Waals surface area contributed by atoms with Gasteiger partial charge in [-0.15, -0.1) is 0 Å². The van der Waals surface area contributed by atoms with Gasteiger partial charge in [0.1, 0.15) is 5.82 Å². The van der Waals surface area contributed by atoms with Crippen molar-refractivity contribution >= 4 is 111 Å². The molecule has 1 aliphatic carbocycles. The second kappa shape index (κ2) is 51.3. The summed E-state index contributed by atoms with van der Waals surface area (Å²) in [6.07, 6.45) is -31.7. The van der Waals surface area contributed by atoms with Crippen LogP contribution in [-0.4, -0.2) is 243 Å². The van der Waals surface area contributed by atoms with Gasteiger partial charge >= 0.3 is 72.5 Å². The monoisotopic (exact) mass is 2070 g/mol. The average molecular weight is 2070 g/mol. The highest BCUT2D eigenvalue weighted by atomic mass is 19.4. The van der Waals surface area contributed by atoms with E-state index in [1.54, 1.807) is 91.1 Å². The molecule has 0 spiro atoms. The molecule has 56 heteroatoms. The number of para-hydroxylation sites is 1. The number of benzene rings is 5. The molecule has 784 valence electrons. The standard InChI is InChI=1S/C19H19F6N5O.C18H18F6N6O.C17H21F4N5O.C17H21F3N6O3.C17H22F3N5O/c1-3-30(4-2)16-27-15(26-13-9-8-11-6-5-7-12(11)10-13)28-17(29-16)31-14(18(20,21)22)19(23,24)25;1-3-30(4-2)15-27-14(26-11-6-5-10-7-8-25-12(10)9-11)28-16(29-15)31-13(17(19,20)21)18(22,23)24;1-4-26(5-2)15-23-14(22-13-8-6-12(19)7-9-13)24-16(25-15)27-10-17(20,21)11(3)18;1-4-25(5-2)15-22-14(21-12-6-8-13(9-7-12)26(27)28)23-16(24-15)29-10-17(19,20)11(3)18;1-4-25(5-2)15-22-14(21-13-9-7-6-8-10-13)23-16(24-15)26-11-17(19,20)12(3)18/h5,7-10,14H,3-4,6H2,1-2H3,(H,26,27,28,29);5-9,13,25H,3-4H2,1-2H3,(H,26,27,28,29);6-9,11H,4-5,10H2,1-3H3,(H,22,23,24,25);6-9,11H,4-5,10H2,1-3H3,(H,21,22,23,24);6-10,12H,4-5,11H2,1-3H3,(H,21,22,23,24). The van der Waals surface area contributed by atoms with Crippen LogP contribution < -0.4 is 74.8 Å². The first kappa shape index (κ1) is 115. The Hall–Kier alpha value is -14.7. The number of rotatable bonds is 42. The molecule has 6 N–H and O–H groups in total. The van der Waals surface area contributed by atoms with E-state index in [4.69, 9.17) is 14.2 Å². The van der Waals surface area contributed by atoms with Gasteiger partial charge in [-0.2, -0.15) is 154 Å². The van der Waals surface area contributed by atoms with Crippen LogP contribution >= 0.6 is 0 Å². The predicted molar refractivity (Wildman–Crippen MR) is 493 cm³/mol. The maximum absolute atomic E-state index is 13.5. The number of alkyl halides is 21. The Balaban J connectivity index is 0.000000220. The van der Waals surface area contributed by atoms with Crippen molar-refractivity contribution in [1.82, 2.24) is 79.7 Å². The van der Waals surface area contributed by atoms with E-state index in [9.17, 15) is 107 Å². The van der Waals surface area contributed by atoms with Crippen LogP contribution in [0.3, 0.4) is 0 Å². The quantitative estimate of drug-likeness (QED) is 0.0118. The van der Waals surface area contributed by atoms with Crippen molar-refractivity contribution in [2.24, 2.45) is 0 Å². The van der Waals surface area contributed by atoms with Crippen LogP contribution in [0.4, 0.5) is 190 Å². The van der Waals surface area contributed by atoms with Crippen molar-refractivity contribution in [3.63, 3.8) is 0 Å². The minimum absolute atomic E-state index is 0.0117. The maximum atomic E-state index is 13.5. The molecular formula is C88H101F22N27O7. The molecule has 0 fully saturated rings. The summed E-state index contributed by atoms with van der Waals surface area (Å²) < 4.78 is 311. The van der Waals surface area contributed by atoms with Gasteiger partial charge in [0, 0.05) is 118 Å². The molecular weight excluding hydrogens is 1970 g/mol. The molecule has 0 saturated heterocycles. The largest absolute Gasteiger partial charge is 0.457 e. The van der Waals surface area contributed by atoms with Crippen molar-refractivity contribution in [1.29, 1.82) is 0 Å². The van der Waals surface area contributed by atoms with Crippen LogP contribution in [0.5, 0.6) is 30.1 Å². The molecule has 0 radical (unpaired) electrons. The number of fused-ring (bicyclic) bond motifs is 2. The molecule has 0 amide bonds. The fourth-order valence-corrected chi connectivity index (χ4v) is 12.0. The predicted octanol–water partition coefficient (Wildman–Crippen LogP) is 21.3. The fraction of sp³-hybridized carbons (Fsp3) is 0.443. The van der Waals surface area contributed by atoms with Gasteiger partial charge in [0.25, 0.3) is 17.9 Å². The van der Waals surface area contributed by atoms with Crippen LogP contribution in [0, 0.1) is 15.9 Å². The number of aromatic nitrogens is 16. The molecule has 3 atom stereocenters. The minimum Gasteiger partial charge on any atom is -0.457 e. The van der Waals surface area contributed by atoms with Crippen LogP contribution in [-0.2, 0) is 6.42 Å². The summed E-state index contributed by atoms with van der Waals surface area (Å²) >= 11 is 0. The minimum atomic E-state index is -5.70. The number of allylic oxidation sites excluding steroid dienone is 1. The zero-order valence-electron chi connectivity index (χ0n) is 79.1. The highest BCUT2D eigenvalue weighted by molar-refractivity contribution is 5.83. The normalized spacial score (nSPS) is 12.7. The smallest absolute Gasteiger partial charge is 0.434 e. The second-order valence-electron chi connectivity index (χ2n) is 30.3. The molecule has 0 aliphatic heterocycles. The third kappa shape index (κ3) is 34.3. The summed E-state index contributed by atoms with van der Waals surface area (Å²) in [4.78, 5) is 81.1. The first-order valence-electron chi connectivity index (χ1n) is 44.1. The Labute approximate surface area is 809 Å². The van der Waals surface area contributed by atoms with Gasteiger partial charge in [0.15, 0.2) is 38.3 Å². The topological polar surface area (TPSA) is 375 Å². The van der Waals surface area contributed by atoms with Crippen molar-refractivity contribution in [2.75, 3.05) is 136 Å². The lowest BCUT2D eigenvalue weighted by atomic mass is 10.1. The number of ether oxygens (including phenoxy) is 5. The van der Waals surface area contributed by atoms with Gasteiger partial charge in [-0.25, -0.2) is 17.6 Å². The van der Waals surface area contributed by atoms with E-state index >= 15 is 0 Å². The first-order chi connectivity index (χ1) is 67.8. The summed E-state index contributed by atoms with van der Waals surface area (Å²) in [5.41, 5.74) is 5.30. The van der Waals surface area contributed by atoms with E-state index in [1.807, 2.05) is 88.9 Å². The second-order valence-corrected chi connectivity index (χ2v) is 30.3. The zero-order chi connectivity index (χ0) is 106. The fourth-order valence-electron chi connectivity index (χ4n) is 12.0. The number of aromatic amines is 1. The van der Waals surface area contributed by atoms with E-state index in [2.05, 4.69) is 116 Å². The average Bonchev–Trinajstić information content (AvgIpc) is 0.823. The summed E-state index contributed by atoms with van der Waals surface area (Å²) in [6, 6.07) is 29.1. The van der Waals surface area contributed by atoms with Crippen molar-refractivity contribution in [3.05, 3.63) is 161 Å². The number of non-ortho nitro benzene ring substituents is 1. The van der Waals surface area contributed by atoms with Gasteiger partial charge < -0.3 is 79.8 Å². The van der Waals surface area contributed by atoms with Crippen LogP contribution in [0.2, 0.25) is 0 Å². The molecule has 144 heavy (non-hydrogen) atoms. The number of halogens is 22. The number of hydrogen-bond acceptors (Lipinski definition) is 32. The lowest BCUT2D eigenvalue weighted by molar-refractivity contribution is -0.384. The van der Waals surface area contributed by atoms with E-state index in [1.165, 1.54) is 53.4 Å². The summed E-state index contributed by atoms with van der Waals surface area (Å²) in [5, 5.41) is 25.9. The first-order valence-corrected chi connectivity index (χ1v) is 44.1. The number of nitrogens with one attached hydrogen (secondary N) is 6. The van der Waals surface area contributed by atoms with E-state index in [0.717, 1.165) is 54.9 Å². The van der Waals surface area contributed by atoms with Gasteiger partial charge in [0.05, 0.1) is 4.92 Å². The molecule has 5 aromatic carbocycles. The van der Waals surface area contributed by atoms with E-state index in [-0.39, 0.29) is 77.2 Å². The molecule has 12 rings (SSSR count). The summed E-state index contributed by atoms with van der Waals surface area (Å²) in [7, 11) is 0. The Morgan fingerprint density at radius 1 is 0.368 bits per heavy atom. The number of H-pyrrole nitrogens is 1. The maximum Gasteiger partial charge on any atom is 0.434 e. The van der Waals surface area contributed by atoms with Crippen LogP contribution in [0.1, 0.15) is 101 Å². The zero-order valence-corrected chi connectivity index (χ0v) is 79.1. The highest BCUT2D eigenvalue weighted by Crippen LogP contribution is 2.40. The highest BCUT2D eigenvalue weighted by Gasteiger charge is 2.61. The third-order valence-corrected chi connectivity index (χ3v) is 20.1. The number of anilines is 15. The Bertz CT molecular complexity index is 5860. The Kier molecular flexibility index (Phi) is 40.8. The van der Waals surface area contributed by atoms with Crippen LogP contribution in [0.15, 0.2) is 134 Å². The molecule has 3 unspecified atom stereocenters. The number of nitro groups is 1. The third-order valence-electron chi connectivity index (χ3n) is 20.1. The van der Waals surface area contributed by atoms with E-state index < -0.39 is 122 Å². The number of nitro benzene ring substituents is 1. The van der Waals surface area contributed by atoms with Crippen LogP contribution in [0.25, 0.3) is 17.0 Å². The van der Waals surface area contributed by atoms with Crippen molar-refractivity contribution in [3.8, 4) is 30.1 Å². The van der Waals surface area contributed by atoms with Gasteiger partial charge in [-0.1, -0.05) is 42.5 Å². The molecule has 11 aromatic rings. The summed E-state index contributed by atoms with van der Waals surface area (Å²) in [5.74, 6) is -11.3. The number of nitrogens with zero attached hydrogens (tertiary/aromatic N) is 21. The van der Waals surface area contributed by atoms with Gasteiger partial charge in [-0.3, -0.25) is 10.1 Å². The summed E-state index contributed by atoms with van der Waals surface area (Å²) in [6.45, 7) is 21.8. The van der Waals surface area contributed by atoms with Gasteiger partial charge in [0.2, 0.25) is 59.5 Å².